The lowest BCUT2D eigenvalue weighted by atomic mass is 10.1. The molecule has 1 aliphatic rings. The average molecular weight is 344 g/mol. The number of rotatable bonds is 4. The molecule has 0 spiro atoms. The number of aromatic nitrogens is 2. The van der Waals surface area contributed by atoms with Crippen molar-refractivity contribution in [3.8, 4) is 0 Å². The fraction of sp³-hybridized carbons (Fsp3) is 0.692. The van der Waals surface area contributed by atoms with Gasteiger partial charge in [0.1, 0.15) is 11.6 Å². The highest BCUT2D eigenvalue weighted by Gasteiger charge is 2.24. The summed E-state index contributed by atoms with van der Waals surface area (Å²) >= 11 is 3.41. The molecule has 0 radical (unpaired) electrons. The Morgan fingerprint density at radius 2 is 2.10 bits per heavy atom. The van der Waals surface area contributed by atoms with Gasteiger partial charge in [-0.2, -0.15) is 0 Å². The van der Waals surface area contributed by atoms with Gasteiger partial charge < -0.3 is 20.3 Å². The molecule has 2 rings (SSSR count). The van der Waals surface area contributed by atoms with Crippen molar-refractivity contribution in [2.75, 3.05) is 46.6 Å². The summed E-state index contributed by atoms with van der Waals surface area (Å²) in [5.41, 5.74) is 6.75. The molecule has 6 nitrogen and oxygen atoms in total. The van der Waals surface area contributed by atoms with E-state index in [1.54, 1.807) is 7.11 Å². The molecule has 0 amide bonds. The van der Waals surface area contributed by atoms with Crippen LogP contribution in [0.2, 0.25) is 0 Å². The van der Waals surface area contributed by atoms with Gasteiger partial charge in [0.15, 0.2) is 0 Å². The highest BCUT2D eigenvalue weighted by Crippen LogP contribution is 2.22. The van der Waals surface area contributed by atoms with E-state index >= 15 is 0 Å². The summed E-state index contributed by atoms with van der Waals surface area (Å²) in [6.07, 6.45) is 0.801. The fourth-order valence-electron chi connectivity index (χ4n) is 2.42. The monoisotopic (exact) mass is 343 g/mol. The van der Waals surface area contributed by atoms with Gasteiger partial charge in [-0.25, -0.2) is 9.97 Å². The van der Waals surface area contributed by atoms with Crippen molar-refractivity contribution in [3.63, 3.8) is 0 Å². The first-order chi connectivity index (χ1) is 9.51. The first kappa shape index (κ1) is 15.6. The van der Waals surface area contributed by atoms with Crippen LogP contribution < -0.4 is 5.73 Å². The van der Waals surface area contributed by atoms with E-state index in [1.165, 1.54) is 0 Å². The summed E-state index contributed by atoms with van der Waals surface area (Å²) in [4.78, 5) is 13.7. The Morgan fingerprint density at radius 3 is 2.80 bits per heavy atom. The Kier molecular flexibility index (Phi) is 5.31. The third-order valence-corrected chi connectivity index (χ3v) is 4.54. The van der Waals surface area contributed by atoms with Crippen molar-refractivity contribution in [2.45, 2.75) is 19.1 Å². The van der Waals surface area contributed by atoms with Crippen LogP contribution in [0.4, 0.5) is 5.82 Å². The molecule has 2 heterocycles. The second-order valence-corrected chi connectivity index (χ2v) is 6.11. The fourth-order valence-corrected chi connectivity index (χ4v) is 2.71. The molecule has 1 fully saturated rings. The van der Waals surface area contributed by atoms with Crippen molar-refractivity contribution in [1.29, 1.82) is 0 Å². The van der Waals surface area contributed by atoms with Crippen molar-refractivity contribution < 1.29 is 4.74 Å². The number of likely N-dealkylation sites (N-methyl/N-ethyl adjacent to an activating group) is 2. The predicted molar refractivity (Wildman–Crippen MR) is 82.5 cm³/mol. The standard InChI is InChI=1S/C13H22BrN5O/c1-18-4-5-19(2)9(7-18)6-11-16-10(8-20-3)12(14)13(15)17-11/h9H,4-8H2,1-3H3,(H2,15,16,17). The van der Waals surface area contributed by atoms with Crippen LogP contribution >= 0.6 is 15.9 Å². The molecule has 7 heteroatoms. The zero-order chi connectivity index (χ0) is 14.7. The quantitative estimate of drug-likeness (QED) is 0.870. The molecule has 1 saturated heterocycles. The van der Waals surface area contributed by atoms with Gasteiger partial charge in [-0.05, 0) is 30.0 Å². The first-order valence-corrected chi connectivity index (χ1v) is 7.49. The summed E-state index contributed by atoms with van der Waals surface area (Å²) in [5.74, 6) is 1.26. The number of halogens is 1. The largest absolute Gasteiger partial charge is 0.383 e. The van der Waals surface area contributed by atoms with E-state index < -0.39 is 0 Å². The van der Waals surface area contributed by atoms with Gasteiger partial charge >= 0.3 is 0 Å². The molecule has 112 valence electrons. The van der Waals surface area contributed by atoms with Crippen molar-refractivity contribution in [2.24, 2.45) is 0 Å². The highest BCUT2D eigenvalue weighted by molar-refractivity contribution is 9.10. The Morgan fingerprint density at radius 1 is 1.35 bits per heavy atom. The van der Waals surface area contributed by atoms with E-state index in [1.807, 2.05) is 0 Å². The van der Waals surface area contributed by atoms with Crippen LogP contribution in [0.15, 0.2) is 4.47 Å². The molecule has 0 bridgehead atoms. The number of piperazine rings is 1. The summed E-state index contributed by atoms with van der Waals surface area (Å²) in [7, 11) is 5.94. The summed E-state index contributed by atoms with van der Waals surface area (Å²) in [6.45, 7) is 3.62. The van der Waals surface area contributed by atoms with Crippen LogP contribution in [0.25, 0.3) is 0 Å². The second-order valence-electron chi connectivity index (χ2n) is 5.32. The number of hydrogen-bond acceptors (Lipinski definition) is 6. The maximum absolute atomic E-state index is 5.94. The lowest BCUT2D eigenvalue weighted by molar-refractivity contribution is 0.113. The number of methoxy groups -OCH3 is 1. The molecule has 0 aliphatic carbocycles. The Hall–Kier alpha value is -0.760. The number of nitrogen functional groups attached to an aromatic ring is 1. The summed E-state index contributed by atoms with van der Waals surface area (Å²) in [5, 5.41) is 0. The molecule has 1 atom stereocenters. The maximum atomic E-state index is 5.94. The maximum Gasteiger partial charge on any atom is 0.141 e. The summed E-state index contributed by atoms with van der Waals surface area (Å²) in [6, 6.07) is 0.421. The molecule has 1 unspecified atom stereocenters. The molecule has 20 heavy (non-hydrogen) atoms. The van der Waals surface area contributed by atoms with E-state index in [2.05, 4.69) is 49.8 Å². The Bertz CT molecular complexity index is 470. The Balaban J connectivity index is 2.16. The SMILES string of the molecule is COCc1nc(CC2CN(C)CCN2C)nc(N)c1Br. The van der Waals surface area contributed by atoms with Gasteiger partial charge in [-0.3, -0.25) is 0 Å². The molecular formula is C13H22BrN5O. The zero-order valence-corrected chi connectivity index (χ0v) is 13.9. The van der Waals surface area contributed by atoms with Crippen molar-refractivity contribution in [1.82, 2.24) is 19.8 Å². The lowest BCUT2D eigenvalue weighted by Gasteiger charge is -2.37. The highest BCUT2D eigenvalue weighted by atomic mass is 79.9. The first-order valence-electron chi connectivity index (χ1n) is 6.69. The molecule has 1 aliphatic heterocycles. The molecule has 0 aromatic carbocycles. The van der Waals surface area contributed by atoms with E-state index in [9.17, 15) is 0 Å². The summed E-state index contributed by atoms with van der Waals surface area (Å²) < 4.78 is 5.89. The zero-order valence-electron chi connectivity index (χ0n) is 12.3. The van der Waals surface area contributed by atoms with Crippen molar-refractivity contribution in [3.05, 3.63) is 16.0 Å². The third-order valence-electron chi connectivity index (χ3n) is 3.67. The van der Waals surface area contributed by atoms with Crippen LogP contribution in [-0.4, -0.2) is 66.6 Å². The molecular weight excluding hydrogens is 322 g/mol. The number of nitrogens with two attached hydrogens (primary N) is 1. The Labute approximate surface area is 128 Å². The van der Waals surface area contributed by atoms with Crippen LogP contribution in [0.3, 0.4) is 0 Å². The topological polar surface area (TPSA) is 67.5 Å². The predicted octanol–water partition coefficient (Wildman–Crippen LogP) is 0.756. The molecule has 0 saturated carbocycles. The van der Waals surface area contributed by atoms with Gasteiger partial charge in [0, 0.05) is 39.2 Å². The minimum atomic E-state index is 0.421. The van der Waals surface area contributed by atoms with Gasteiger partial charge in [-0.15, -0.1) is 0 Å². The minimum Gasteiger partial charge on any atom is -0.383 e. The number of anilines is 1. The average Bonchev–Trinajstić information content (AvgIpc) is 2.40. The van der Waals surface area contributed by atoms with Crippen molar-refractivity contribution >= 4 is 21.7 Å². The van der Waals surface area contributed by atoms with Gasteiger partial charge in [0.2, 0.25) is 0 Å². The van der Waals surface area contributed by atoms with E-state index in [0.29, 0.717) is 18.5 Å². The van der Waals surface area contributed by atoms with Gasteiger partial charge in [0.25, 0.3) is 0 Å². The van der Waals surface area contributed by atoms with E-state index in [-0.39, 0.29) is 0 Å². The molecule has 1 aromatic heterocycles. The van der Waals surface area contributed by atoms with E-state index in [0.717, 1.165) is 42.0 Å². The smallest absolute Gasteiger partial charge is 0.141 e. The lowest BCUT2D eigenvalue weighted by Crippen LogP contribution is -2.51. The van der Waals surface area contributed by atoms with Gasteiger partial charge in [0.05, 0.1) is 16.8 Å². The van der Waals surface area contributed by atoms with Crippen LogP contribution in [0.5, 0.6) is 0 Å². The van der Waals surface area contributed by atoms with Gasteiger partial charge in [-0.1, -0.05) is 0 Å². The molecule has 1 aromatic rings. The normalized spacial score (nSPS) is 21.3. The minimum absolute atomic E-state index is 0.421. The van der Waals surface area contributed by atoms with E-state index in [4.69, 9.17) is 10.5 Å². The van der Waals surface area contributed by atoms with Crippen LogP contribution in [0, 0.1) is 0 Å². The number of ether oxygens (including phenoxy) is 1. The number of hydrogen-bond donors (Lipinski definition) is 1. The van der Waals surface area contributed by atoms with Crippen LogP contribution in [-0.2, 0) is 17.8 Å². The molecule has 2 N–H and O–H groups in total. The second kappa shape index (κ2) is 6.80. The van der Waals surface area contributed by atoms with Crippen LogP contribution in [0.1, 0.15) is 11.5 Å². The third kappa shape index (κ3) is 3.66. The number of nitrogens with zero attached hydrogens (tertiary/aromatic N) is 4.